The number of ether oxygens (including phenoxy) is 2. The van der Waals surface area contributed by atoms with E-state index in [-0.39, 0.29) is 6.10 Å². The van der Waals surface area contributed by atoms with Gasteiger partial charge in [-0.15, -0.1) is 0 Å². The molecule has 0 spiro atoms. The Morgan fingerprint density at radius 3 is 2.52 bits per heavy atom. The second kappa shape index (κ2) is 7.47. The first-order valence-corrected chi connectivity index (χ1v) is 10.1. The molecule has 0 unspecified atom stereocenters. The number of hydrogen-bond donors (Lipinski definition) is 2. The topological polar surface area (TPSA) is 63.3 Å². The Morgan fingerprint density at radius 1 is 1.10 bits per heavy atom. The van der Waals surface area contributed by atoms with Gasteiger partial charge >= 0.3 is 6.09 Å². The number of hydrogen-bond acceptors (Lipinski definition) is 3. The zero-order valence-electron chi connectivity index (χ0n) is 17.4. The van der Waals surface area contributed by atoms with E-state index >= 15 is 0 Å². The van der Waals surface area contributed by atoms with Crippen molar-refractivity contribution in [1.82, 2.24) is 4.98 Å². The van der Waals surface area contributed by atoms with Crippen molar-refractivity contribution in [2.75, 3.05) is 5.32 Å². The fourth-order valence-electron chi connectivity index (χ4n) is 3.65. The predicted octanol–water partition coefficient (Wildman–Crippen LogP) is 6.15. The third-order valence-corrected chi connectivity index (χ3v) is 5.23. The standard InChI is InChI=1S/C24H28N2O3/c1-15-5-8-18(9-6-15)28-19-11-17(12-19)16-7-10-21-20(13-16)22(14-25-21)26-23(27)29-24(2,3)4/h5-10,13-14,17,19,25H,11-12H2,1-4H3,(H,26,27). The molecule has 5 heteroatoms. The van der Waals surface area contributed by atoms with Crippen LogP contribution < -0.4 is 10.1 Å². The van der Waals surface area contributed by atoms with Crippen LogP contribution in [0.2, 0.25) is 0 Å². The van der Waals surface area contributed by atoms with E-state index in [4.69, 9.17) is 9.47 Å². The van der Waals surface area contributed by atoms with Gasteiger partial charge in [-0.1, -0.05) is 23.8 Å². The van der Waals surface area contributed by atoms with Gasteiger partial charge in [0.2, 0.25) is 0 Å². The number of benzene rings is 2. The Hall–Kier alpha value is -2.95. The second-order valence-electron chi connectivity index (χ2n) is 8.86. The maximum Gasteiger partial charge on any atom is 0.412 e. The summed E-state index contributed by atoms with van der Waals surface area (Å²) in [4.78, 5) is 15.3. The van der Waals surface area contributed by atoms with E-state index < -0.39 is 11.7 Å². The first kappa shape index (κ1) is 19.4. The van der Waals surface area contributed by atoms with E-state index in [0.717, 1.165) is 35.2 Å². The van der Waals surface area contributed by atoms with Crippen LogP contribution in [0.25, 0.3) is 10.9 Å². The Balaban J connectivity index is 1.41. The summed E-state index contributed by atoms with van der Waals surface area (Å²) in [6, 6.07) is 14.6. The fraction of sp³-hybridized carbons (Fsp3) is 0.375. The third kappa shape index (κ3) is 4.56. The van der Waals surface area contributed by atoms with Gasteiger partial charge in [-0.3, -0.25) is 5.32 Å². The van der Waals surface area contributed by atoms with Crippen LogP contribution in [0.1, 0.15) is 50.7 Å². The van der Waals surface area contributed by atoms with Crippen LogP contribution in [0, 0.1) is 6.92 Å². The zero-order chi connectivity index (χ0) is 20.6. The molecule has 1 aliphatic carbocycles. The lowest BCUT2D eigenvalue weighted by Crippen LogP contribution is -2.32. The molecule has 0 atom stereocenters. The average Bonchev–Trinajstić information content (AvgIpc) is 3.00. The summed E-state index contributed by atoms with van der Waals surface area (Å²) in [5, 5.41) is 3.85. The molecule has 1 amide bonds. The first-order chi connectivity index (χ1) is 13.8. The molecule has 1 fully saturated rings. The van der Waals surface area contributed by atoms with Crippen LogP contribution in [-0.2, 0) is 4.74 Å². The van der Waals surface area contributed by atoms with Crippen molar-refractivity contribution >= 4 is 22.7 Å². The average molecular weight is 392 g/mol. The number of amides is 1. The smallest absolute Gasteiger partial charge is 0.412 e. The summed E-state index contributed by atoms with van der Waals surface area (Å²) in [5.41, 5.74) is 3.71. The molecule has 5 nitrogen and oxygen atoms in total. The molecule has 3 aromatic rings. The van der Waals surface area contributed by atoms with Gasteiger partial charge < -0.3 is 14.5 Å². The number of nitrogens with one attached hydrogen (secondary N) is 2. The van der Waals surface area contributed by atoms with Crippen molar-refractivity contribution in [3.8, 4) is 5.75 Å². The molecule has 0 aliphatic heterocycles. The van der Waals surface area contributed by atoms with E-state index in [9.17, 15) is 4.79 Å². The number of carbonyl (C=O) groups is 1. The summed E-state index contributed by atoms with van der Waals surface area (Å²) >= 11 is 0. The maximum atomic E-state index is 12.1. The van der Waals surface area contributed by atoms with Gasteiger partial charge in [-0.25, -0.2) is 4.79 Å². The van der Waals surface area contributed by atoms with E-state index in [1.807, 2.05) is 39.1 Å². The number of aromatic nitrogens is 1. The monoisotopic (exact) mass is 392 g/mol. The van der Waals surface area contributed by atoms with Crippen molar-refractivity contribution in [3.63, 3.8) is 0 Å². The zero-order valence-corrected chi connectivity index (χ0v) is 17.4. The molecule has 1 saturated carbocycles. The summed E-state index contributed by atoms with van der Waals surface area (Å²) in [6.07, 6.45) is 3.61. The lowest BCUT2D eigenvalue weighted by atomic mass is 9.77. The lowest BCUT2D eigenvalue weighted by Gasteiger charge is -2.35. The van der Waals surface area contributed by atoms with Crippen LogP contribution in [0.5, 0.6) is 5.75 Å². The number of fused-ring (bicyclic) bond motifs is 1. The van der Waals surface area contributed by atoms with Gasteiger partial charge in [0, 0.05) is 17.1 Å². The number of rotatable bonds is 4. The quantitative estimate of drug-likeness (QED) is 0.560. The van der Waals surface area contributed by atoms with Crippen LogP contribution >= 0.6 is 0 Å². The summed E-state index contributed by atoms with van der Waals surface area (Å²) < 4.78 is 11.4. The van der Waals surface area contributed by atoms with Gasteiger partial charge in [0.25, 0.3) is 0 Å². The van der Waals surface area contributed by atoms with Gasteiger partial charge in [0.05, 0.1) is 11.8 Å². The highest BCUT2D eigenvalue weighted by Gasteiger charge is 2.32. The number of carbonyl (C=O) groups excluding carboxylic acids is 1. The highest BCUT2D eigenvalue weighted by atomic mass is 16.6. The number of aromatic amines is 1. The van der Waals surface area contributed by atoms with Crippen molar-refractivity contribution in [2.24, 2.45) is 0 Å². The van der Waals surface area contributed by atoms with Crippen molar-refractivity contribution in [1.29, 1.82) is 0 Å². The fourth-order valence-corrected chi connectivity index (χ4v) is 3.65. The van der Waals surface area contributed by atoms with Crippen molar-refractivity contribution in [2.45, 2.75) is 58.2 Å². The van der Waals surface area contributed by atoms with Crippen LogP contribution in [0.15, 0.2) is 48.7 Å². The molecular formula is C24H28N2O3. The molecule has 152 valence electrons. The van der Waals surface area contributed by atoms with Crippen LogP contribution in [-0.4, -0.2) is 22.8 Å². The molecule has 0 saturated heterocycles. The Morgan fingerprint density at radius 2 is 1.83 bits per heavy atom. The summed E-state index contributed by atoms with van der Waals surface area (Å²) in [7, 11) is 0. The Kier molecular flexibility index (Phi) is 4.99. The van der Waals surface area contributed by atoms with Crippen molar-refractivity contribution < 1.29 is 14.3 Å². The highest BCUT2D eigenvalue weighted by molar-refractivity contribution is 5.99. The second-order valence-corrected chi connectivity index (χ2v) is 8.86. The number of anilines is 1. The lowest BCUT2D eigenvalue weighted by molar-refractivity contribution is 0.0636. The molecule has 1 heterocycles. The minimum Gasteiger partial charge on any atom is -0.490 e. The molecule has 0 bridgehead atoms. The molecule has 2 aromatic carbocycles. The number of aryl methyl sites for hydroxylation is 1. The summed E-state index contributed by atoms with van der Waals surface area (Å²) in [6.45, 7) is 7.63. The van der Waals surface area contributed by atoms with Crippen LogP contribution in [0.4, 0.5) is 10.5 Å². The van der Waals surface area contributed by atoms with Gasteiger partial charge in [0.1, 0.15) is 11.4 Å². The Bertz CT molecular complexity index is 1010. The first-order valence-electron chi connectivity index (χ1n) is 10.1. The largest absolute Gasteiger partial charge is 0.490 e. The molecule has 29 heavy (non-hydrogen) atoms. The van der Waals surface area contributed by atoms with E-state index in [0.29, 0.717) is 5.92 Å². The molecular weight excluding hydrogens is 364 g/mol. The third-order valence-electron chi connectivity index (χ3n) is 5.23. The number of H-pyrrole nitrogens is 1. The highest BCUT2D eigenvalue weighted by Crippen LogP contribution is 2.40. The molecule has 0 radical (unpaired) electrons. The minimum atomic E-state index is -0.528. The van der Waals surface area contributed by atoms with E-state index in [1.54, 1.807) is 0 Å². The minimum absolute atomic E-state index is 0.254. The molecule has 2 N–H and O–H groups in total. The van der Waals surface area contributed by atoms with E-state index in [1.165, 1.54) is 11.1 Å². The molecule has 4 rings (SSSR count). The van der Waals surface area contributed by atoms with Crippen molar-refractivity contribution in [3.05, 3.63) is 59.8 Å². The van der Waals surface area contributed by atoms with Gasteiger partial charge in [-0.05, 0) is 76.3 Å². The SMILES string of the molecule is Cc1ccc(OC2CC(c3ccc4[nH]cc(NC(=O)OC(C)(C)C)c4c3)C2)cc1. The predicted molar refractivity (Wildman–Crippen MR) is 116 cm³/mol. The normalized spacial score (nSPS) is 18.9. The molecule has 1 aromatic heterocycles. The van der Waals surface area contributed by atoms with Crippen LogP contribution in [0.3, 0.4) is 0 Å². The Labute approximate surface area is 171 Å². The van der Waals surface area contributed by atoms with Gasteiger partial charge in [-0.2, -0.15) is 0 Å². The van der Waals surface area contributed by atoms with E-state index in [2.05, 4.69) is 47.6 Å². The van der Waals surface area contributed by atoms with Gasteiger partial charge in [0.15, 0.2) is 0 Å². The molecule has 1 aliphatic rings. The maximum absolute atomic E-state index is 12.1. The summed E-state index contributed by atoms with van der Waals surface area (Å²) in [5.74, 6) is 1.41.